The molecule has 1 N–H and O–H groups in total. The van der Waals surface area contributed by atoms with Crippen LogP contribution in [0.25, 0.3) is 0 Å². The summed E-state index contributed by atoms with van der Waals surface area (Å²) in [5, 5.41) is 2.61. The molecule has 0 spiro atoms. The summed E-state index contributed by atoms with van der Waals surface area (Å²) in [6, 6.07) is 14.7. The van der Waals surface area contributed by atoms with Crippen LogP contribution >= 0.6 is 12.2 Å². The van der Waals surface area contributed by atoms with Crippen LogP contribution in [-0.4, -0.2) is 39.9 Å². The zero-order valence-corrected chi connectivity index (χ0v) is 20.3. The van der Waals surface area contributed by atoms with E-state index < -0.39 is 53.2 Å². The Hall–Kier alpha value is -3.99. The molecule has 1 saturated heterocycles. The first-order valence-electron chi connectivity index (χ1n) is 11.1. The van der Waals surface area contributed by atoms with Gasteiger partial charge in [0.2, 0.25) is 5.91 Å². The Morgan fingerprint density at radius 2 is 1.65 bits per heavy atom. The van der Waals surface area contributed by atoms with Crippen molar-refractivity contribution in [3.8, 4) is 5.75 Å². The lowest BCUT2D eigenvalue weighted by atomic mass is 10.1. The third-order valence-electron chi connectivity index (χ3n) is 5.86. The molecule has 1 atom stereocenters. The first-order chi connectivity index (χ1) is 17.7. The molecular weight excluding hydrogens is 510 g/mol. The maximum atomic E-state index is 14.5. The molecule has 6 nitrogen and oxygen atoms in total. The molecule has 1 aliphatic rings. The van der Waals surface area contributed by atoms with Crippen LogP contribution in [0.3, 0.4) is 0 Å². The quantitative estimate of drug-likeness (QED) is 0.196. The molecule has 0 saturated carbocycles. The molecule has 1 aliphatic heterocycles. The molecule has 4 rings (SSSR count). The van der Waals surface area contributed by atoms with E-state index in [1.54, 1.807) is 54.6 Å². The van der Waals surface area contributed by atoms with E-state index in [2.05, 4.69) is 5.32 Å². The maximum absolute atomic E-state index is 14.5. The summed E-state index contributed by atoms with van der Waals surface area (Å²) in [6.45, 7) is -0.490. The topological polar surface area (TPSA) is 61.9 Å². The Morgan fingerprint density at radius 1 is 0.973 bits per heavy atom. The number of carbonyl (C=O) groups excluding carboxylic acids is 2. The second-order valence-corrected chi connectivity index (χ2v) is 8.64. The molecule has 0 bridgehead atoms. The molecule has 1 fully saturated rings. The number of rotatable bonds is 8. The number of benzene rings is 3. The van der Waals surface area contributed by atoms with Crippen LogP contribution in [-0.2, 0) is 22.7 Å². The van der Waals surface area contributed by atoms with Crippen molar-refractivity contribution in [1.29, 1.82) is 0 Å². The standard InChI is InChI=1S/C26H21F4N3O3S/c1-36-18-9-7-17(8-10-18)31-21(34)12-20-25(35)33(13-15-5-3-2-4-6-15)26(37)32(20)14-16-11-19(27)23(29)24(30)22(16)28/h2-11,20H,12-14H2,1H3,(H,31,34)/t20-/m0/s1. The molecule has 37 heavy (non-hydrogen) atoms. The van der Waals surface area contributed by atoms with Crippen molar-refractivity contribution < 1.29 is 31.9 Å². The van der Waals surface area contributed by atoms with Gasteiger partial charge in [-0.25, -0.2) is 17.6 Å². The highest BCUT2D eigenvalue weighted by Crippen LogP contribution is 2.28. The Kier molecular flexibility index (Phi) is 7.72. The number of hydrogen-bond donors (Lipinski definition) is 1. The first kappa shape index (κ1) is 26.1. The number of halogens is 4. The van der Waals surface area contributed by atoms with Crippen molar-refractivity contribution in [2.45, 2.75) is 25.6 Å². The fourth-order valence-corrected chi connectivity index (χ4v) is 4.31. The molecule has 192 valence electrons. The van der Waals surface area contributed by atoms with Crippen LogP contribution in [0.5, 0.6) is 5.75 Å². The Morgan fingerprint density at radius 3 is 2.30 bits per heavy atom. The van der Waals surface area contributed by atoms with Gasteiger partial charge >= 0.3 is 0 Å². The van der Waals surface area contributed by atoms with Gasteiger partial charge < -0.3 is 15.0 Å². The molecule has 0 aliphatic carbocycles. The van der Waals surface area contributed by atoms with E-state index in [0.717, 1.165) is 5.56 Å². The normalized spacial score (nSPS) is 15.3. The van der Waals surface area contributed by atoms with Gasteiger partial charge in [-0.3, -0.25) is 14.5 Å². The highest BCUT2D eigenvalue weighted by molar-refractivity contribution is 7.80. The minimum atomic E-state index is -1.97. The van der Waals surface area contributed by atoms with Crippen LogP contribution < -0.4 is 10.1 Å². The minimum absolute atomic E-state index is 0.0550. The van der Waals surface area contributed by atoms with Gasteiger partial charge in [0.15, 0.2) is 28.4 Å². The number of amides is 2. The van der Waals surface area contributed by atoms with Gasteiger partial charge in [0, 0.05) is 17.8 Å². The SMILES string of the molecule is COc1ccc(NC(=O)C[C@H]2C(=O)N(Cc3ccccc3)C(=S)N2Cc2cc(F)c(F)c(F)c2F)cc1. The maximum Gasteiger partial charge on any atom is 0.252 e. The first-order valence-corrected chi connectivity index (χ1v) is 11.5. The van der Waals surface area contributed by atoms with Crippen molar-refractivity contribution in [3.63, 3.8) is 0 Å². The average molecular weight is 532 g/mol. The second-order valence-electron chi connectivity index (χ2n) is 8.28. The largest absolute Gasteiger partial charge is 0.497 e. The van der Waals surface area contributed by atoms with Crippen LogP contribution in [0, 0.1) is 23.3 Å². The van der Waals surface area contributed by atoms with E-state index in [9.17, 15) is 27.2 Å². The fraction of sp³-hybridized carbons (Fsp3) is 0.192. The summed E-state index contributed by atoms with van der Waals surface area (Å²) in [5.41, 5.74) is 0.639. The molecular formula is C26H21F4N3O3S. The highest BCUT2D eigenvalue weighted by Gasteiger charge is 2.43. The fourth-order valence-electron chi connectivity index (χ4n) is 3.97. The smallest absolute Gasteiger partial charge is 0.252 e. The lowest BCUT2D eigenvalue weighted by Crippen LogP contribution is -2.37. The monoisotopic (exact) mass is 531 g/mol. The lowest BCUT2D eigenvalue weighted by molar-refractivity contribution is -0.131. The van der Waals surface area contributed by atoms with Gasteiger partial charge in [-0.05, 0) is 48.1 Å². The summed E-state index contributed by atoms with van der Waals surface area (Å²) >= 11 is 5.46. The van der Waals surface area contributed by atoms with E-state index >= 15 is 0 Å². The zero-order chi connectivity index (χ0) is 26.7. The Bertz CT molecular complexity index is 1340. The van der Waals surface area contributed by atoms with Crippen molar-refractivity contribution in [3.05, 3.63) is 95.1 Å². The number of anilines is 1. The number of carbonyl (C=O) groups is 2. The molecule has 3 aromatic carbocycles. The molecule has 3 aromatic rings. The third-order valence-corrected chi connectivity index (χ3v) is 6.31. The molecule has 0 radical (unpaired) electrons. The van der Waals surface area contributed by atoms with E-state index in [4.69, 9.17) is 17.0 Å². The minimum Gasteiger partial charge on any atom is -0.497 e. The van der Waals surface area contributed by atoms with Gasteiger partial charge in [0.25, 0.3) is 5.91 Å². The summed E-state index contributed by atoms with van der Waals surface area (Å²) in [5.74, 6) is -7.60. The number of methoxy groups -OCH3 is 1. The zero-order valence-electron chi connectivity index (χ0n) is 19.5. The molecule has 11 heteroatoms. The van der Waals surface area contributed by atoms with Gasteiger partial charge in [0.05, 0.1) is 20.1 Å². The van der Waals surface area contributed by atoms with E-state index in [1.807, 2.05) is 0 Å². The van der Waals surface area contributed by atoms with Gasteiger partial charge in [0.1, 0.15) is 11.8 Å². The number of nitrogens with one attached hydrogen (secondary N) is 1. The second kappa shape index (κ2) is 11.0. The van der Waals surface area contributed by atoms with Crippen molar-refractivity contribution in [2.24, 2.45) is 0 Å². The number of hydrogen-bond acceptors (Lipinski definition) is 4. The van der Waals surface area contributed by atoms with Gasteiger partial charge in [-0.2, -0.15) is 0 Å². The summed E-state index contributed by atoms with van der Waals surface area (Å²) < 4.78 is 60.8. The average Bonchev–Trinajstić information content (AvgIpc) is 3.10. The van der Waals surface area contributed by atoms with Crippen LogP contribution in [0.15, 0.2) is 60.7 Å². The predicted octanol–water partition coefficient (Wildman–Crippen LogP) is 4.78. The molecule has 0 aromatic heterocycles. The summed E-state index contributed by atoms with van der Waals surface area (Å²) in [6.07, 6.45) is -0.385. The number of thiocarbonyl (C=S) groups is 1. The van der Waals surface area contributed by atoms with Crippen molar-refractivity contribution in [2.75, 3.05) is 12.4 Å². The highest BCUT2D eigenvalue weighted by atomic mass is 32.1. The third kappa shape index (κ3) is 5.56. The van der Waals surface area contributed by atoms with E-state index in [1.165, 1.54) is 16.9 Å². The molecule has 0 unspecified atom stereocenters. The predicted molar refractivity (Wildman–Crippen MR) is 131 cm³/mol. The molecule has 2 amide bonds. The van der Waals surface area contributed by atoms with Crippen LogP contribution in [0.4, 0.5) is 23.2 Å². The van der Waals surface area contributed by atoms with Gasteiger partial charge in [-0.1, -0.05) is 30.3 Å². The van der Waals surface area contributed by atoms with Gasteiger partial charge in [-0.15, -0.1) is 0 Å². The number of ether oxygens (including phenoxy) is 1. The summed E-state index contributed by atoms with van der Waals surface area (Å²) in [4.78, 5) is 28.6. The van der Waals surface area contributed by atoms with Crippen molar-refractivity contribution >= 4 is 34.8 Å². The van der Waals surface area contributed by atoms with E-state index in [-0.39, 0.29) is 18.1 Å². The Labute approximate surface area is 215 Å². The van der Waals surface area contributed by atoms with Crippen LogP contribution in [0.2, 0.25) is 0 Å². The van der Waals surface area contributed by atoms with E-state index in [0.29, 0.717) is 17.5 Å². The lowest BCUT2D eigenvalue weighted by Gasteiger charge is -2.24. The number of nitrogens with zero attached hydrogens (tertiary/aromatic N) is 2. The Balaban J connectivity index is 1.61. The van der Waals surface area contributed by atoms with Crippen LogP contribution in [0.1, 0.15) is 17.5 Å². The molecule has 1 heterocycles. The van der Waals surface area contributed by atoms with Crippen molar-refractivity contribution in [1.82, 2.24) is 9.80 Å². The summed E-state index contributed by atoms with van der Waals surface area (Å²) in [7, 11) is 1.50.